The minimum absolute atomic E-state index is 0.153. The van der Waals surface area contributed by atoms with Crippen LogP contribution in [0.25, 0.3) is 27.7 Å². The van der Waals surface area contributed by atoms with Gasteiger partial charge in [-0.2, -0.15) is 0 Å². The summed E-state index contributed by atoms with van der Waals surface area (Å²) in [6, 6.07) is 8.48. The van der Waals surface area contributed by atoms with Gasteiger partial charge in [-0.3, -0.25) is 15.0 Å². The average molecular weight is 786 g/mol. The highest BCUT2D eigenvalue weighted by Gasteiger charge is 2.39. The van der Waals surface area contributed by atoms with Crippen LogP contribution in [0.2, 0.25) is 0 Å². The number of dihydropyridines is 1. The van der Waals surface area contributed by atoms with E-state index in [1.165, 1.54) is 21.7 Å². The number of carboxylic acid groups (broad SMARTS) is 1. The number of likely N-dealkylation sites (tertiary alicyclic amines) is 2. The van der Waals surface area contributed by atoms with Crippen molar-refractivity contribution in [3.8, 4) is 11.3 Å². The molecule has 2 aliphatic carbocycles. The number of nitrogens with zero attached hydrogens (tertiary/aromatic N) is 7. The number of H-pyrrole nitrogens is 1. The van der Waals surface area contributed by atoms with Crippen molar-refractivity contribution >= 4 is 40.7 Å². The predicted octanol–water partition coefficient (Wildman–Crippen LogP) is 6.44. The number of benzene rings is 1. The van der Waals surface area contributed by atoms with Gasteiger partial charge in [0.15, 0.2) is 12.4 Å². The number of hydrogen-bond donors (Lipinski definition) is 5. The molecule has 0 spiro atoms. The first kappa shape index (κ1) is 37.1. The van der Waals surface area contributed by atoms with Crippen LogP contribution in [0.4, 0.5) is 4.79 Å². The number of imidazole rings is 1. The number of aliphatic hydroxyl groups is 2. The second kappa shape index (κ2) is 15.2. The lowest BCUT2D eigenvalue weighted by Gasteiger charge is -2.36. The van der Waals surface area contributed by atoms with Crippen molar-refractivity contribution in [1.29, 1.82) is 0 Å². The van der Waals surface area contributed by atoms with Gasteiger partial charge in [-0.25, -0.2) is 14.7 Å². The van der Waals surface area contributed by atoms with Crippen molar-refractivity contribution < 1.29 is 24.9 Å². The Balaban J connectivity index is 0.941. The normalized spacial score (nSPS) is 29.6. The number of aliphatic imine (C=N–C) groups is 3. The van der Waals surface area contributed by atoms with Gasteiger partial charge in [-0.05, 0) is 86.6 Å². The molecular formula is C44H51N9O5. The highest BCUT2D eigenvalue weighted by molar-refractivity contribution is 6.33. The molecule has 14 nitrogen and oxygen atoms in total. The fraction of sp³-hybridized carbons (Fsp3) is 0.477. The minimum atomic E-state index is -1.51. The maximum atomic E-state index is 11.9. The van der Waals surface area contributed by atoms with Gasteiger partial charge in [0.1, 0.15) is 17.7 Å². The highest BCUT2D eigenvalue weighted by atomic mass is 16.5. The third kappa shape index (κ3) is 6.85. The molecule has 2 fully saturated rings. The molecule has 2 saturated heterocycles. The second-order valence-corrected chi connectivity index (χ2v) is 16.8. The van der Waals surface area contributed by atoms with E-state index in [0.29, 0.717) is 19.0 Å². The molecule has 7 heterocycles. The third-order valence-electron chi connectivity index (χ3n) is 13.2. The fourth-order valence-corrected chi connectivity index (χ4v) is 10.2. The molecule has 5 aliphatic heterocycles. The number of aromatic nitrogens is 3. The monoisotopic (exact) mass is 785 g/mol. The van der Waals surface area contributed by atoms with Gasteiger partial charge in [0, 0.05) is 67.2 Å². The van der Waals surface area contributed by atoms with Crippen molar-refractivity contribution in [2.45, 2.75) is 108 Å². The first-order valence-electron chi connectivity index (χ1n) is 21.0. The van der Waals surface area contributed by atoms with Crippen molar-refractivity contribution in [3.63, 3.8) is 0 Å². The molecule has 2 aromatic heterocycles. The largest absolute Gasteiger partial charge is 0.474 e. The Bertz CT molecular complexity index is 2330. The molecule has 6 N–H and O–H groups in total. The van der Waals surface area contributed by atoms with E-state index in [9.17, 15) is 20.1 Å². The van der Waals surface area contributed by atoms with E-state index < -0.39 is 12.5 Å². The molecule has 10 rings (SSSR count). The molecule has 3 aromatic rings. The van der Waals surface area contributed by atoms with Crippen LogP contribution in [0.15, 0.2) is 86.6 Å². The van der Waals surface area contributed by atoms with Gasteiger partial charge < -0.3 is 40.2 Å². The molecule has 7 unspecified atom stereocenters. The number of nitrogens with one attached hydrogen (secondary N) is 1. The lowest BCUT2D eigenvalue weighted by atomic mass is 9.83. The predicted molar refractivity (Wildman–Crippen MR) is 222 cm³/mol. The Hall–Kier alpha value is -5.15. The van der Waals surface area contributed by atoms with E-state index >= 15 is 0 Å². The van der Waals surface area contributed by atoms with Gasteiger partial charge in [0.05, 0.1) is 40.9 Å². The Kier molecular flexibility index (Phi) is 9.75. The highest BCUT2D eigenvalue weighted by Crippen LogP contribution is 2.47. The zero-order chi connectivity index (χ0) is 39.5. The number of fused-ring (bicyclic) bond motifs is 4. The molecular weight excluding hydrogens is 735 g/mol. The number of allylic oxidation sites excluding steroid dienone is 7. The van der Waals surface area contributed by atoms with E-state index in [1.54, 1.807) is 4.90 Å². The Morgan fingerprint density at radius 3 is 2.78 bits per heavy atom. The number of rotatable bonds is 9. The summed E-state index contributed by atoms with van der Waals surface area (Å²) < 4.78 is 9.51. The topological polar surface area (TPSA) is 190 Å². The molecule has 1 amide bonds. The number of hydrogen-bond acceptors (Lipinski definition) is 10. The summed E-state index contributed by atoms with van der Waals surface area (Å²) in [5.41, 5.74) is 14.8. The Labute approximate surface area is 336 Å². The summed E-state index contributed by atoms with van der Waals surface area (Å²) in [6.45, 7) is 1.15. The molecule has 0 saturated carbocycles. The lowest BCUT2D eigenvalue weighted by molar-refractivity contribution is -0.161. The van der Waals surface area contributed by atoms with Crippen molar-refractivity contribution in [2.24, 2.45) is 32.5 Å². The number of carbonyl (C=O) groups is 1. The third-order valence-corrected chi connectivity index (χ3v) is 13.2. The van der Waals surface area contributed by atoms with Crippen LogP contribution >= 0.6 is 0 Å². The van der Waals surface area contributed by atoms with Crippen molar-refractivity contribution in [3.05, 3.63) is 83.2 Å². The van der Waals surface area contributed by atoms with E-state index in [2.05, 4.69) is 68.1 Å². The summed E-state index contributed by atoms with van der Waals surface area (Å²) in [6.07, 6.45) is 20.8. The van der Waals surface area contributed by atoms with Crippen LogP contribution in [0.1, 0.15) is 94.4 Å². The Morgan fingerprint density at radius 2 is 1.93 bits per heavy atom. The van der Waals surface area contributed by atoms with E-state index in [-0.39, 0.29) is 36.6 Å². The van der Waals surface area contributed by atoms with E-state index in [0.717, 1.165) is 116 Å². The van der Waals surface area contributed by atoms with Gasteiger partial charge in [-0.15, -0.1) is 0 Å². The Morgan fingerprint density at radius 1 is 1.03 bits per heavy atom. The maximum Gasteiger partial charge on any atom is 0.407 e. The molecule has 302 valence electrons. The number of nitrogens with two attached hydrogens (primary N) is 1. The molecule has 7 atom stereocenters. The quantitative estimate of drug-likeness (QED) is 0.153. The first-order valence-corrected chi connectivity index (χ1v) is 21.0. The summed E-state index contributed by atoms with van der Waals surface area (Å²) >= 11 is 0. The summed E-state index contributed by atoms with van der Waals surface area (Å²) in [5.74, 6) is 2.28. The molecule has 0 radical (unpaired) electrons. The number of ether oxygens (including phenoxy) is 1. The smallest absolute Gasteiger partial charge is 0.407 e. The van der Waals surface area contributed by atoms with Gasteiger partial charge in [0.2, 0.25) is 6.41 Å². The standard InChI is InChI=1S/C44H51N9O5/c45-39-14-11-29(22-46-39)26-5-1-4-25(18-26)8-15-40-53-34-13-10-27(32-23-47-41(49-32)35-6-2-16-51(35)43(54)55)19-30(34)20-37(53)31-12-9-28(21-38(31)58-40)33-24-48-42(50-33)36-7-3-17-52(36)44(56)57/h1,5,10-11,13,18-20,22-25,28,35-36,39-40,42-43,54-55H,2-4,6-9,12,14-17,21,45H2,(H,47,49)(H,56,57). The van der Waals surface area contributed by atoms with Crippen molar-refractivity contribution in [2.75, 3.05) is 13.1 Å². The maximum absolute atomic E-state index is 11.9. The number of amides is 1. The zero-order valence-corrected chi connectivity index (χ0v) is 32.5. The van der Waals surface area contributed by atoms with Crippen LogP contribution < -0.4 is 5.73 Å². The first-order chi connectivity index (χ1) is 28.3. The van der Waals surface area contributed by atoms with Gasteiger partial charge >= 0.3 is 6.09 Å². The molecule has 1 aromatic carbocycles. The van der Waals surface area contributed by atoms with Crippen LogP contribution in [-0.2, 0) is 4.74 Å². The summed E-state index contributed by atoms with van der Waals surface area (Å²) in [4.78, 5) is 37.4. The molecule has 14 heteroatoms. The lowest BCUT2D eigenvalue weighted by Crippen LogP contribution is -2.40. The molecule has 0 bridgehead atoms. The fourth-order valence-electron chi connectivity index (χ4n) is 10.2. The van der Waals surface area contributed by atoms with Crippen LogP contribution in [-0.4, -0.2) is 102 Å². The minimum Gasteiger partial charge on any atom is -0.474 e. The van der Waals surface area contributed by atoms with Crippen LogP contribution in [0, 0.1) is 11.8 Å². The summed E-state index contributed by atoms with van der Waals surface area (Å²) in [7, 11) is 0. The molecule has 58 heavy (non-hydrogen) atoms. The van der Waals surface area contributed by atoms with Gasteiger partial charge in [-0.1, -0.05) is 30.4 Å². The number of aromatic amines is 1. The van der Waals surface area contributed by atoms with Gasteiger partial charge in [0.25, 0.3) is 0 Å². The molecule has 7 aliphatic rings. The zero-order valence-electron chi connectivity index (χ0n) is 32.5. The van der Waals surface area contributed by atoms with Crippen molar-refractivity contribution in [1.82, 2.24) is 24.3 Å². The average Bonchev–Trinajstić information content (AvgIpc) is 4.09. The van der Waals surface area contributed by atoms with E-state index in [4.69, 9.17) is 20.5 Å². The SMILES string of the molecule is NC1CC=C(C2=CC(CCC3OC4=C(CCC(C5=NC(C6CCCN6C(=O)O)N=C5)C4)c4cc5cc(-c6cnc(C7CCCN7C(O)O)[nH]6)ccc5n43)CC=C2)C=N1. The number of aliphatic hydroxyl groups excluding tert-OH is 1. The van der Waals surface area contributed by atoms with Crippen LogP contribution in [0.5, 0.6) is 0 Å². The second-order valence-electron chi connectivity index (χ2n) is 16.8. The van der Waals surface area contributed by atoms with Crippen LogP contribution in [0.3, 0.4) is 0 Å². The van der Waals surface area contributed by atoms with E-state index in [1.807, 2.05) is 18.6 Å². The summed E-state index contributed by atoms with van der Waals surface area (Å²) in [5, 5.41) is 30.7.